The van der Waals surface area contributed by atoms with E-state index in [0.29, 0.717) is 9.90 Å². The Kier molecular flexibility index (Phi) is 3.22. The van der Waals surface area contributed by atoms with Gasteiger partial charge in [0.25, 0.3) is 10.0 Å². The SMILES string of the molecule is Cc1ccc(S(=O)(=O)N(C)c2ccccc2)s1. The number of benzene rings is 1. The summed E-state index contributed by atoms with van der Waals surface area (Å²) < 4.78 is 26.2. The van der Waals surface area contributed by atoms with Gasteiger partial charge in [-0.1, -0.05) is 18.2 Å². The van der Waals surface area contributed by atoms with Crippen LogP contribution in [0.1, 0.15) is 4.88 Å². The van der Waals surface area contributed by atoms with E-state index in [9.17, 15) is 8.42 Å². The first kappa shape index (κ1) is 12.1. The highest BCUT2D eigenvalue weighted by molar-refractivity contribution is 7.94. The maximum absolute atomic E-state index is 12.3. The summed E-state index contributed by atoms with van der Waals surface area (Å²) in [6.45, 7) is 1.90. The number of anilines is 1. The minimum atomic E-state index is -3.42. The lowest BCUT2D eigenvalue weighted by molar-refractivity contribution is 0.596. The second-order valence-electron chi connectivity index (χ2n) is 3.67. The number of rotatable bonds is 3. The summed E-state index contributed by atoms with van der Waals surface area (Å²) in [4.78, 5) is 0.991. The van der Waals surface area contributed by atoms with Gasteiger partial charge < -0.3 is 0 Å². The van der Waals surface area contributed by atoms with Crippen molar-refractivity contribution in [2.45, 2.75) is 11.1 Å². The summed E-state index contributed by atoms with van der Waals surface area (Å²) in [6, 6.07) is 12.5. The van der Waals surface area contributed by atoms with E-state index in [1.165, 1.54) is 15.6 Å². The average molecular weight is 267 g/mol. The molecule has 1 aromatic heterocycles. The number of thiophene rings is 1. The molecular formula is C12H13NO2S2. The molecule has 17 heavy (non-hydrogen) atoms. The van der Waals surface area contributed by atoms with Gasteiger partial charge in [0.2, 0.25) is 0 Å². The third kappa shape index (κ3) is 2.35. The highest BCUT2D eigenvalue weighted by Gasteiger charge is 2.22. The van der Waals surface area contributed by atoms with Crippen molar-refractivity contribution in [3.05, 3.63) is 47.3 Å². The minimum absolute atomic E-state index is 0.376. The summed E-state index contributed by atoms with van der Waals surface area (Å²) in [7, 11) is -1.85. The maximum Gasteiger partial charge on any atom is 0.273 e. The van der Waals surface area contributed by atoms with Crippen molar-refractivity contribution in [2.24, 2.45) is 0 Å². The van der Waals surface area contributed by atoms with Crippen LogP contribution in [-0.4, -0.2) is 15.5 Å². The van der Waals surface area contributed by atoms with Crippen LogP contribution in [0.5, 0.6) is 0 Å². The molecular weight excluding hydrogens is 254 g/mol. The van der Waals surface area contributed by atoms with Gasteiger partial charge in [0.15, 0.2) is 0 Å². The Morgan fingerprint density at radius 1 is 1.06 bits per heavy atom. The number of hydrogen-bond donors (Lipinski definition) is 0. The molecule has 0 aliphatic heterocycles. The van der Waals surface area contributed by atoms with Crippen molar-refractivity contribution in [1.29, 1.82) is 0 Å². The van der Waals surface area contributed by atoms with Gasteiger partial charge >= 0.3 is 0 Å². The molecule has 1 heterocycles. The van der Waals surface area contributed by atoms with Crippen molar-refractivity contribution in [3.63, 3.8) is 0 Å². The molecule has 0 saturated heterocycles. The maximum atomic E-state index is 12.3. The number of nitrogens with zero attached hydrogens (tertiary/aromatic N) is 1. The van der Waals surface area contributed by atoms with Crippen LogP contribution < -0.4 is 4.31 Å². The topological polar surface area (TPSA) is 37.4 Å². The van der Waals surface area contributed by atoms with Crippen molar-refractivity contribution < 1.29 is 8.42 Å². The van der Waals surface area contributed by atoms with Crippen LogP contribution in [0.15, 0.2) is 46.7 Å². The first-order chi connectivity index (χ1) is 8.01. The molecule has 0 spiro atoms. The number of hydrogen-bond acceptors (Lipinski definition) is 3. The van der Waals surface area contributed by atoms with Gasteiger partial charge in [0.05, 0.1) is 5.69 Å². The fraction of sp³-hybridized carbons (Fsp3) is 0.167. The fourth-order valence-electron chi connectivity index (χ4n) is 1.46. The van der Waals surface area contributed by atoms with E-state index in [4.69, 9.17) is 0 Å². The molecule has 0 bridgehead atoms. The van der Waals surface area contributed by atoms with Crippen LogP contribution in [0.3, 0.4) is 0 Å². The molecule has 0 fully saturated rings. The predicted octanol–water partition coefficient (Wildman–Crippen LogP) is 2.88. The molecule has 0 radical (unpaired) electrons. The van der Waals surface area contributed by atoms with Crippen molar-refractivity contribution in [1.82, 2.24) is 0 Å². The number of para-hydroxylation sites is 1. The lowest BCUT2D eigenvalue weighted by Gasteiger charge is -2.18. The molecule has 2 aromatic rings. The Hall–Kier alpha value is -1.33. The monoisotopic (exact) mass is 267 g/mol. The van der Waals surface area contributed by atoms with E-state index in [2.05, 4.69) is 0 Å². The highest BCUT2D eigenvalue weighted by Crippen LogP contribution is 2.26. The molecule has 0 aliphatic carbocycles. The van der Waals surface area contributed by atoms with Crippen LogP contribution in [0.4, 0.5) is 5.69 Å². The van der Waals surface area contributed by atoms with E-state index in [1.807, 2.05) is 31.2 Å². The quantitative estimate of drug-likeness (QED) is 0.857. The van der Waals surface area contributed by atoms with Crippen molar-refractivity contribution >= 4 is 27.0 Å². The Morgan fingerprint density at radius 2 is 1.71 bits per heavy atom. The van der Waals surface area contributed by atoms with Crippen LogP contribution >= 0.6 is 11.3 Å². The third-order valence-corrected chi connectivity index (χ3v) is 5.70. The summed E-state index contributed by atoms with van der Waals surface area (Å²) in [5.41, 5.74) is 0.665. The van der Waals surface area contributed by atoms with Gasteiger partial charge in [0.1, 0.15) is 4.21 Å². The minimum Gasteiger partial charge on any atom is -0.269 e. The lowest BCUT2D eigenvalue weighted by atomic mass is 10.3. The molecule has 0 N–H and O–H groups in total. The normalized spacial score (nSPS) is 11.4. The van der Waals surface area contributed by atoms with Crippen molar-refractivity contribution in [3.8, 4) is 0 Å². The second kappa shape index (κ2) is 4.50. The highest BCUT2D eigenvalue weighted by atomic mass is 32.2. The van der Waals surface area contributed by atoms with E-state index in [1.54, 1.807) is 25.2 Å². The van der Waals surface area contributed by atoms with Gasteiger partial charge in [-0.2, -0.15) is 0 Å². The molecule has 0 unspecified atom stereocenters. The Morgan fingerprint density at radius 3 is 2.24 bits per heavy atom. The van der Waals surface area contributed by atoms with E-state index in [-0.39, 0.29) is 0 Å². The Balaban J connectivity index is 2.40. The first-order valence-corrected chi connectivity index (χ1v) is 7.38. The lowest BCUT2D eigenvalue weighted by Crippen LogP contribution is -2.25. The fourth-order valence-corrected chi connectivity index (χ4v) is 4.11. The molecule has 0 atom stereocenters. The molecule has 2 rings (SSSR count). The smallest absolute Gasteiger partial charge is 0.269 e. The first-order valence-electron chi connectivity index (χ1n) is 5.12. The third-order valence-electron chi connectivity index (χ3n) is 2.45. The number of aryl methyl sites for hydroxylation is 1. The summed E-state index contributed by atoms with van der Waals surface area (Å²) in [5.74, 6) is 0. The Labute approximate surface area is 105 Å². The zero-order valence-corrected chi connectivity index (χ0v) is 11.3. The Bertz CT molecular complexity index is 602. The molecule has 3 nitrogen and oxygen atoms in total. The molecule has 1 aromatic carbocycles. The predicted molar refractivity (Wildman–Crippen MR) is 71.1 cm³/mol. The van der Waals surface area contributed by atoms with Gasteiger partial charge in [-0.25, -0.2) is 8.42 Å². The zero-order chi connectivity index (χ0) is 12.5. The van der Waals surface area contributed by atoms with Gasteiger partial charge in [0, 0.05) is 11.9 Å². The van der Waals surface area contributed by atoms with Gasteiger partial charge in [-0.05, 0) is 31.2 Å². The van der Waals surface area contributed by atoms with E-state index >= 15 is 0 Å². The number of sulfonamides is 1. The standard InChI is InChI=1S/C12H13NO2S2/c1-10-8-9-12(16-10)17(14,15)13(2)11-6-4-3-5-7-11/h3-9H,1-2H3. The van der Waals surface area contributed by atoms with Crippen LogP contribution in [-0.2, 0) is 10.0 Å². The van der Waals surface area contributed by atoms with Crippen molar-refractivity contribution in [2.75, 3.05) is 11.4 Å². The summed E-state index contributed by atoms with van der Waals surface area (Å²) >= 11 is 1.29. The second-order valence-corrected chi connectivity index (χ2v) is 7.16. The van der Waals surface area contributed by atoms with E-state index in [0.717, 1.165) is 4.88 Å². The van der Waals surface area contributed by atoms with Crippen LogP contribution in [0.25, 0.3) is 0 Å². The van der Waals surface area contributed by atoms with Crippen LogP contribution in [0.2, 0.25) is 0 Å². The molecule has 90 valence electrons. The van der Waals surface area contributed by atoms with Gasteiger partial charge in [-0.15, -0.1) is 11.3 Å². The summed E-state index contributed by atoms with van der Waals surface area (Å²) in [6.07, 6.45) is 0. The molecule has 0 aliphatic rings. The molecule has 5 heteroatoms. The largest absolute Gasteiger partial charge is 0.273 e. The molecule has 0 amide bonds. The van der Waals surface area contributed by atoms with Gasteiger partial charge in [-0.3, -0.25) is 4.31 Å². The molecule has 0 saturated carbocycles. The zero-order valence-electron chi connectivity index (χ0n) is 9.62. The van der Waals surface area contributed by atoms with E-state index < -0.39 is 10.0 Å². The summed E-state index contributed by atoms with van der Waals surface area (Å²) in [5, 5.41) is 0. The average Bonchev–Trinajstić information content (AvgIpc) is 2.77. The van der Waals surface area contributed by atoms with Crippen LogP contribution in [0, 0.1) is 6.92 Å².